The van der Waals surface area contributed by atoms with E-state index in [1.54, 1.807) is 14.0 Å². The molecule has 1 saturated heterocycles. The number of methoxy groups -OCH3 is 1. The van der Waals surface area contributed by atoms with Crippen molar-refractivity contribution in [3.63, 3.8) is 0 Å². The fraction of sp³-hybridized carbons (Fsp3) is 0.469. The lowest BCUT2D eigenvalue weighted by molar-refractivity contribution is -0.129. The zero-order valence-corrected chi connectivity index (χ0v) is 24.2. The summed E-state index contributed by atoms with van der Waals surface area (Å²) in [7, 11) is 1.63. The summed E-state index contributed by atoms with van der Waals surface area (Å²) in [5.41, 5.74) is 5.82. The molecule has 40 heavy (non-hydrogen) atoms. The number of carbonyl (C=O) groups excluding carboxylic acids is 2. The first-order valence-corrected chi connectivity index (χ1v) is 14.0. The summed E-state index contributed by atoms with van der Waals surface area (Å²) >= 11 is 0. The number of amides is 2. The maximum absolute atomic E-state index is 13.3. The van der Waals surface area contributed by atoms with Gasteiger partial charge in [0.15, 0.2) is 0 Å². The van der Waals surface area contributed by atoms with E-state index in [1.165, 1.54) is 5.56 Å². The predicted molar refractivity (Wildman–Crippen MR) is 154 cm³/mol. The highest BCUT2D eigenvalue weighted by Gasteiger charge is 2.30. The Morgan fingerprint density at radius 1 is 1.10 bits per heavy atom. The van der Waals surface area contributed by atoms with Crippen LogP contribution in [0.4, 0.5) is 4.79 Å². The second kappa shape index (κ2) is 11.5. The van der Waals surface area contributed by atoms with Crippen LogP contribution in [0.5, 0.6) is 5.88 Å². The summed E-state index contributed by atoms with van der Waals surface area (Å²) in [6.45, 7) is 10.3. The highest BCUT2D eigenvalue weighted by molar-refractivity contribution is 5.96. The van der Waals surface area contributed by atoms with Gasteiger partial charge in [0.1, 0.15) is 5.60 Å². The van der Waals surface area contributed by atoms with E-state index in [-0.39, 0.29) is 18.0 Å². The Balaban J connectivity index is 1.55. The van der Waals surface area contributed by atoms with Crippen molar-refractivity contribution in [3.8, 4) is 17.0 Å². The monoisotopic (exact) mass is 545 g/mol. The third-order valence-corrected chi connectivity index (χ3v) is 7.67. The molecular weight excluding hydrogens is 506 g/mol. The normalized spacial score (nSPS) is 16.0. The van der Waals surface area contributed by atoms with Gasteiger partial charge in [-0.15, -0.1) is 0 Å². The first-order valence-electron chi connectivity index (χ1n) is 14.0. The van der Waals surface area contributed by atoms with Crippen molar-refractivity contribution in [1.82, 2.24) is 14.8 Å². The number of pyridine rings is 1. The average Bonchev–Trinajstić information content (AvgIpc) is 2.94. The van der Waals surface area contributed by atoms with Crippen molar-refractivity contribution >= 4 is 22.9 Å². The largest absolute Gasteiger partial charge is 0.481 e. The summed E-state index contributed by atoms with van der Waals surface area (Å²) in [4.78, 5) is 33.8. The number of aromatic nitrogens is 1. The summed E-state index contributed by atoms with van der Waals surface area (Å²) in [5.74, 6) is 0.641. The number of benzene rings is 2. The highest BCUT2D eigenvalue weighted by Crippen LogP contribution is 2.37. The van der Waals surface area contributed by atoms with Gasteiger partial charge in [-0.25, -0.2) is 9.78 Å². The van der Waals surface area contributed by atoms with E-state index in [0.29, 0.717) is 38.7 Å². The molecule has 0 N–H and O–H groups in total. The minimum Gasteiger partial charge on any atom is -0.481 e. The zero-order valence-electron chi connectivity index (χ0n) is 24.2. The molecule has 2 aromatic carbocycles. The Morgan fingerprint density at radius 2 is 1.88 bits per heavy atom. The Hall–Kier alpha value is -3.65. The molecule has 212 valence electrons. The first-order chi connectivity index (χ1) is 19.1. The van der Waals surface area contributed by atoms with E-state index >= 15 is 0 Å². The van der Waals surface area contributed by atoms with Gasteiger partial charge in [-0.1, -0.05) is 24.3 Å². The number of fused-ring (bicyclic) bond motifs is 2. The van der Waals surface area contributed by atoms with E-state index in [1.807, 2.05) is 48.8 Å². The van der Waals surface area contributed by atoms with Gasteiger partial charge in [0.2, 0.25) is 11.8 Å². The maximum atomic E-state index is 13.3. The number of hydrogen-bond acceptors (Lipinski definition) is 6. The third-order valence-electron chi connectivity index (χ3n) is 7.67. The van der Waals surface area contributed by atoms with Crippen molar-refractivity contribution < 1.29 is 23.8 Å². The van der Waals surface area contributed by atoms with Crippen LogP contribution in [0.15, 0.2) is 42.5 Å². The Morgan fingerprint density at radius 3 is 2.58 bits per heavy atom. The molecule has 0 atom stereocenters. The first kappa shape index (κ1) is 27.9. The topological polar surface area (TPSA) is 81.2 Å². The molecule has 1 fully saturated rings. The molecule has 2 amide bonds. The summed E-state index contributed by atoms with van der Waals surface area (Å²) in [6, 6.07) is 14.5. The molecule has 0 saturated carbocycles. The molecule has 0 bridgehead atoms. The van der Waals surface area contributed by atoms with Crippen molar-refractivity contribution in [3.05, 3.63) is 59.2 Å². The zero-order chi connectivity index (χ0) is 28.4. The second-order valence-electron chi connectivity index (χ2n) is 11.6. The number of nitrogens with zero attached hydrogens (tertiary/aromatic N) is 3. The molecule has 3 aromatic rings. The van der Waals surface area contributed by atoms with E-state index in [0.717, 1.165) is 52.4 Å². The van der Waals surface area contributed by atoms with E-state index < -0.39 is 5.60 Å². The molecule has 0 radical (unpaired) electrons. The highest BCUT2D eigenvalue weighted by atomic mass is 16.6. The lowest BCUT2D eigenvalue weighted by Gasteiger charge is -2.35. The molecule has 0 aliphatic carbocycles. The van der Waals surface area contributed by atoms with Gasteiger partial charge in [0.25, 0.3) is 0 Å². The molecule has 2 aliphatic rings. The van der Waals surface area contributed by atoms with Crippen molar-refractivity contribution in [1.29, 1.82) is 0 Å². The van der Waals surface area contributed by atoms with Crippen LogP contribution in [0.1, 0.15) is 57.2 Å². The number of ether oxygens (including phenoxy) is 3. The fourth-order valence-corrected chi connectivity index (χ4v) is 5.66. The van der Waals surface area contributed by atoms with Gasteiger partial charge >= 0.3 is 6.09 Å². The molecular formula is C32H39N3O5. The molecule has 5 rings (SSSR count). The predicted octanol–water partition coefficient (Wildman–Crippen LogP) is 5.73. The van der Waals surface area contributed by atoms with E-state index in [9.17, 15) is 9.59 Å². The Kier molecular flexibility index (Phi) is 7.99. The van der Waals surface area contributed by atoms with Gasteiger partial charge in [-0.05, 0) is 80.0 Å². The van der Waals surface area contributed by atoms with Crippen molar-refractivity contribution in [2.75, 3.05) is 26.9 Å². The summed E-state index contributed by atoms with van der Waals surface area (Å²) < 4.78 is 17.0. The van der Waals surface area contributed by atoms with Crippen LogP contribution in [0, 0.1) is 0 Å². The average molecular weight is 546 g/mol. The smallest absolute Gasteiger partial charge is 0.410 e. The van der Waals surface area contributed by atoms with E-state index in [2.05, 4.69) is 24.3 Å². The summed E-state index contributed by atoms with van der Waals surface area (Å²) in [6.07, 6.45) is 2.04. The van der Waals surface area contributed by atoms with Crippen molar-refractivity contribution in [2.45, 2.75) is 71.7 Å². The van der Waals surface area contributed by atoms with Crippen LogP contribution in [-0.2, 0) is 33.8 Å². The Bertz CT molecular complexity index is 1410. The molecule has 0 spiro atoms. The van der Waals surface area contributed by atoms with Crippen LogP contribution in [-0.4, -0.2) is 65.3 Å². The van der Waals surface area contributed by atoms with Gasteiger partial charge < -0.3 is 24.0 Å². The molecule has 1 aromatic heterocycles. The number of rotatable bonds is 5. The van der Waals surface area contributed by atoms with Crippen LogP contribution in [0.3, 0.4) is 0 Å². The fourth-order valence-electron chi connectivity index (χ4n) is 5.66. The van der Waals surface area contributed by atoms with Crippen LogP contribution in [0.25, 0.3) is 22.0 Å². The second-order valence-corrected chi connectivity index (χ2v) is 11.6. The number of hydrogen-bond donors (Lipinski definition) is 0. The Labute approximate surface area is 236 Å². The minimum atomic E-state index is -0.581. The standard InChI is InChI=1S/C32H39N3O5/c1-21(36)34-14-11-25-23(20-34)7-6-8-26(25)27-18-30(38-5)33-29-10-9-22(17-28(27)29)19-35(24-12-15-39-16-13-24)31(37)40-32(2,3)4/h6-10,17-18,24H,11-16,19-20H2,1-5H3. The van der Waals surface area contributed by atoms with Crippen molar-refractivity contribution in [2.24, 2.45) is 0 Å². The van der Waals surface area contributed by atoms with Crippen LogP contribution >= 0.6 is 0 Å². The molecule has 2 aliphatic heterocycles. The minimum absolute atomic E-state index is 0.0538. The van der Waals surface area contributed by atoms with Crippen LogP contribution < -0.4 is 4.74 Å². The number of carbonyl (C=O) groups is 2. The maximum Gasteiger partial charge on any atom is 0.410 e. The summed E-state index contributed by atoms with van der Waals surface area (Å²) in [5, 5.41) is 0.997. The van der Waals surface area contributed by atoms with E-state index in [4.69, 9.17) is 19.2 Å². The van der Waals surface area contributed by atoms with Gasteiger partial charge in [-0.2, -0.15) is 0 Å². The van der Waals surface area contributed by atoms with Gasteiger partial charge in [0, 0.05) is 57.3 Å². The lowest BCUT2D eigenvalue weighted by Crippen LogP contribution is -2.45. The van der Waals surface area contributed by atoms with Gasteiger partial charge in [-0.3, -0.25) is 4.79 Å². The lowest BCUT2D eigenvalue weighted by atomic mass is 9.89. The third kappa shape index (κ3) is 6.07. The molecule has 3 heterocycles. The molecule has 8 heteroatoms. The molecule has 8 nitrogen and oxygen atoms in total. The SMILES string of the molecule is COc1cc(-c2cccc3c2CCN(C(C)=O)C3)c2cc(CN(C(=O)OC(C)(C)C)C3CCOCC3)ccc2n1. The van der Waals surface area contributed by atoms with Gasteiger partial charge in [0.05, 0.1) is 12.6 Å². The quantitative estimate of drug-likeness (QED) is 0.407. The molecule has 0 unspecified atom stereocenters. The van der Waals surface area contributed by atoms with Crippen LogP contribution in [0.2, 0.25) is 0 Å².